The van der Waals surface area contributed by atoms with Crippen molar-refractivity contribution in [3.05, 3.63) is 28.8 Å². The summed E-state index contributed by atoms with van der Waals surface area (Å²) in [6, 6.07) is 6.64. The highest BCUT2D eigenvalue weighted by Gasteiger charge is 2.21. The topological polar surface area (TPSA) is 42.2 Å². The highest BCUT2D eigenvalue weighted by Crippen LogP contribution is 2.24. The van der Waals surface area contributed by atoms with Crippen LogP contribution in [0.1, 0.15) is 17.0 Å². The van der Waals surface area contributed by atoms with Crippen molar-refractivity contribution in [1.82, 2.24) is 9.88 Å². The molecule has 1 atom stereocenters. The summed E-state index contributed by atoms with van der Waals surface area (Å²) in [7, 11) is 0. The van der Waals surface area contributed by atoms with Gasteiger partial charge in [-0.15, -0.1) is 11.3 Å². The van der Waals surface area contributed by atoms with Crippen LogP contribution in [0.2, 0.25) is 0 Å². The lowest BCUT2D eigenvalue weighted by molar-refractivity contribution is 0.318. The Kier molecular flexibility index (Phi) is 3.33. The van der Waals surface area contributed by atoms with E-state index in [4.69, 9.17) is 5.73 Å². The number of likely N-dealkylation sites (tertiary alicyclic amines) is 1. The predicted molar refractivity (Wildman–Crippen MR) is 76.8 cm³/mol. The number of aromatic nitrogens is 1. The predicted octanol–water partition coefficient (Wildman–Crippen LogP) is 2.39. The molecule has 18 heavy (non-hydrogen) atoms. The number of nitrogens with zero attached hydrogens (tertiary/aromatic N) is 2. The quantitative estimate of drug-likeness (QED) is 0.922. The number of aryl methyl sites for hydroxylation is 1. The average Bonchev–Trinajstić information content (AvgIpc) is 2.94. The van der Waals surface area contributed by atoms with Crippen LogP contribution in [-0.4, -0.2) is 29.5 Å². The van der Waals surface area contributed by atoms with Crippen LogP contribution < -0.4 is 5.73 Å². The van der Waals surface area contributed by atoms with Gasteiger partial charge in [0.15, 0.2) is 0 Å². The number of fused-ring (bicyclic) bond motifs is 1. The molecule has 3 rings (SSSR count). The minimum Gasteiger partial charge on any atom is -0.330 e. The zero-order valence-corrected chi connectivity index (χ0v) is 11.5. The van der Waals surface area contributed by atoms with Crippen molar-refractivity contribution in [2.45, 2.75) is 19.9 Å². The van der Waals surface area contributed by atoms with E-state index in [1.807, 2.05) is 0 Å². The number of rotatable bonds is 3. The van der Waals surface area contributed by atoms with E-state index in [0.29, 0.717) is 5.92 Å². The molecule has 1 unspecified atom stereocenters. The van der Waals surface area contributed by atoms with Crippen LogP contribution in [0.25, 0.3) is 10.2 Å². The average molecular weight is 261 g/mol. The zero-order valence-electron chi connectivity index (χ0n) is 10.7. The molecular weight excluding hydrogens is 242 g/mol. The van der Waals surface area contributed by atoms with Gasteiger partial charge in [-0.05, 0) is 50.0 Å². The molecule has 0 radical (unpaired) electrons. The number of nitrogens with two attached hydrogens (primary N) is 1. The Bertz CT molecular complexity index is 549. The van der Waals surface area contributed by atoms with E-state index >= 15 is 0 Å². The summed E-state index contributed by atoms with van der Waals surface area (Å²) in [5.41, 5.74) is 8.25. The van der Waals surface area contributed by atoms with Crippen molar-refractivity contribution in [3.8, 4) is 0 Å². The Morgan fingerprint density at radius 1 is 1.50 bits per heavy atom. The second kappa shape index (κ2) is 4.96. The van der Waals surface area contributed by atoms with Gasteiger partial charge in [0, 0.05) is 13.1 Å². The molecule has 96 valence electrons. The van der Waals surface area contributed by atoms with Gasteiger partial charge in [0.25, 0.3) is 0 Å². The maximum atomic E-state index is 5.73. The smallest absolute Gasteiger partial charge is 0.0907 e. The molecule has 1 aromatic carbocycles. The first kappa shape index (κ1) is 12.1. The van der Waals surface area contributed by atoms with Crippen molar-refractivity contribution >= 4 is 21.6 Å². The number of hydrogen-bond donors (Lipinski definition) is 1. The van der Waals surface area contributed by atoms with Crippen LogP contribution in [0, 0.1) is 12.8 Å². The molecule has 1 fully saturated rings. The van der Waals surface area contributed by atoms with E-state index in [9.17, 15) is 0 Å². The molecule has 0 saturated carbocycles. The van der Waals surface area contributed by atoms with Crippen LogP contribution in [-0.2, 0) is 6.54 Å². The Morgan fingerprint density at radius 2 is 2.39 bits per heavy atom. The molecule has 0 amide bonds. The Hall–Kier alpha value is -0.970. The Morgan fingerprint density at radius 3 is 3.17 bits per heavy atom. The lowest BCUT2D eigenvalue weighted by atomic mass is 10.1. The first-order chi connectivity index (χ1) is 8.74. The molecule has 4 heteroatoms. The number of hydrogen-bond acceptors (Lipinski definition) is 4. The maximum Gasteiger partial charge on any atom is 0.0907 e. The second-order valence-electron chi connectivity index (χ2n) is 5.16. The van der Waals surface area contributed by atoms with Crippen LogP contribution in [0.15, 0.2) is 18.2 Å². The van der Waals surface area contributed by atoms with E-state index < -0.39 is 0 Å². The molecule has 3 nitrogen and oxygen atoms in total. The van der Waals surface area contributed by atoms with Gasteiger partial charge in [0.1, 0.15) is 0 Å². The Labute approximate surface area is 112 Å². The van der Waals surface area contributed by atoms with Crippen molar-refractivity contribution in [2.24, 2.45) is 11.7 Å². The van der Waals surface area contributed by atoms with Gasteiger partial charge in [-0.3, -0.25) is 4.90 Å². The molecule has 2 aromatic rings. The van der Waals surface area contributed by atoms with Crippen molar-refractivity contribution < 1.29 is 0 Å². The summed E-state index contributed by atoms with van der Waals surface area (Å²) >= 11 is 1.78. The molecule has 0 bridgehead atoms. The van der Waals surface area contributed by atoms with E-state index in [2.05, 4.69) is 35.0 Å². The largest absolute Gasteiger partial charge is 0.330 e. The highest BCUT2D eigenvalue weighted by atomic mass is 32.1. The minimum absolute atomic E-state index is 0.694. The summed E-state index contributed by atoms with van der Waals surface area (Å²) in [6.07, 6.45) is 1.25. The van der Waals surface area contributed by atoms with Crippen LogP contribution in [0.5, 0.6) is 0 Å². The van der Waals surface area contributed by atoms with Gasteiger partial charge in [0.2, 0.25) is 0 Å². The van der Waals surface area contributed by atoms with Gasteiger partial charge >= 0.3 is 0 Å². The van der Waals surface area contributed by atoms with Gasteiger partial charge in [-0.2, -0.15) is 0 Å². The van der Waals surface area contributed by atoms with Crippen molar-refractivity contribution in [2.75, 3.05) is 19.6 Å². The summed E-state index contributed by atoms with van der Waals surface area (Å²) in [5.74, 6) is 0.694. The third-order valence-electron chi connectivity index (χ3n) is 3.67. The highest BCUT2D eigenvalue weighted by molar-refractivity contribution is 7.18. The normalized spacial score (nSPS) is 20.9. The zero-order chi connectivity index (χ0) is 12.5. The summed E-state index contributed by atoms with van der Waals surface area (Å²) < 4.78 is 1.31. The molecule has 0 spiro atoms. The van der Waals surface area contributed by atoms with Crippen molar-refractivity contribution in [3.63, 3.8) is 0 Å². The second-order valence-corrected chi connectivity index (χ2v) is 6.40. The van der Waals surface area contributed by atoms with Gasteiger partial charge in [-0.25, -0.2) is 4.98 Å². The maximum absolute atomic E-state index is 5.73. The van der Waals surface area contributed by atoms with Gasteiger partial charge < -0.3 is 5.73 Å². The number of benzene rings is 1. The fourth-order valence-electron chi connectivity index (χ4n) is 2.69. The minimum atomic E-state index is 0.694. The van der Waals surface area contributed by atoms with E-state index in [1.165, 1.54) is 23.2 Å². The van der Waals surface area contributed by atoms with E-state index in [1.54, 1.807) is 11.3 Å². The molecule has 2 heterocycles. The fraction of sp³-hybridized carbons (Fsp3) is 0.500. The fourth-order valence-corrected chi connectivity index (χ4v) is 3.58. The first-order valence-electron chi connectivity index (χ1n) is 6.53. The summed E-state index contributed by atoms with van der Waals surface area (Å²) in [4.78, 5) is 7.01. The SMILES string of the molecule is Cc1nc2ccc(CN3CCC(CN)C3)cc2s1. The molecule has 2 N–H and O–H groups in total. The third kappa shape index (κ3) is 2.41. The van der Waals surface area contributed by atoms with Crippen LogP contribution in [0.4, 0.5) is 0 Å². The van der Waals surface area contributed by atoms with Crippen LogP contribution in [0.3, 0.4) is 0 Å². The summed E-state index contributed by atoms with van der Waals surface area (Å²) in [6.45, 7) is 6.27. The lowest BCUT2D eigenvalue weighted by Gasteiger charge is -2.15. The number of thiazole rings is 1. The molecule has 1 aliphatic rings. The molecule has 1 aromatic heterocycles. The standard InChI is InChI=1S/C14H19N3S/c1-10-16-13-3-2-11(6-14(13)18-10)8-17-5-4-12(7-15)9-17/h2-3,6,12H,4-5,7-9,15H2,1H3. The molecule has 1 saturated heterocycles. The molecule has 1 aliphatic heterocycles. The molecule has 0 aliphatic carbocycles. The van der Waals surface area contributed by atoms with Crippen LogP contribution >= 0.6 is 11.3 Å². The molecular formula is C14H19N3S. The van der Waals surface area contributed by atoms with Gasteiger partial charge in [0.05, 0.1) is 15.2 Å². The third-order valence-corrected chi connectivity index (χ3v) is 4.60. The lowest BCUT2D eigenvalue weighted by Crippen LogP contribution is -2.22. The first-order valence-corrected chi connectivity index (χ1v) is 7.35. The summed E-state index contributed by atoms with van der Waals surface area (Å²) in [5, 5.41) is 1.14. The van der Waals surface area contributed by atoms with E-state index in [0.717, 1.165) is 30.2 Å². The van der Waals surface area contributed by atoms with Crippen molar-refractivity contribution in [1.29, 1.82) is 0 Å². The van der Waals surface area contributed by atoms with E-state index in [-0.39, 0.29) is 0 Å². The monoisotopic (exact) mass is 261 g/mol. The Balaban J connectivity index is 1.74. The van der Waals surface area contributed by atoms with Gasteiger partial charge in [-0.1, -0.05) is 6.07 Å².